The highest BCUT2D eigenvalue weighted by atomic mass is 16.5. The second-order valence-electron chi connectivity index (χ2n) is 4.37. The molecule has 0 radical (unpaired) electrons. The second kappa shape index (κ2) is 3.99. The number of hydrogen-bond acceptors (Lipinski definition) is 1. The average molecular weight is 180 g/mol. The molecule has 74 valence electrons. The van der Waals surface area contributed by atoms with Crippen LogP contribution in [0.2, 0.25) is 0 Å². The Balaban J connectivity index is 2.81. The van der Waals surface area contributed by atoms with Crippen LogP contribution in [0.25, 0.3) is 0 Å². The first-order chi connectivity index (χ1) is 6.10. The molecular formula is C12H20O. The van der Waals surface area contributed by atoms with E-state index in [1.165, 1.54) is 6.42 Å². The van der Waals surface area contributed by atoms with Gasteiger partial charge in [-0.05, 0) is 24.0 Å². The first-order valence-electron chi connectivity index (χ1n) is 5.11. The van der Waals surface area contributed by atoms with E-state index in [0.717, 1.165) is 0 Å². The first kappa shape index (κ1) is 10.4. The second-order valence-corrected chi connectivity index (χ2v) is 4.37. The van der Waals surface area contributed by atoms with E-state index in [9.17, 15) is 0 Å². The van der Waals surface area contributed by atoms with Gasteiger partial charge < -0.3 is 4.74 Å². The summed E-state index contributed by atoms with van der Waals surface area (Å²) in [5, 5.41) is 0. The van der Waals surface area contributed by atoms with Gasteiger partial charge in [0.1, 0.15) is 0 Å². The average Bonchev–Trinajstić information content (AvgIpc) is 2.05. The molecule has 1 nitrogen and oxygen atoms in total. The Labute approximate surface area is 81.5 Å². The van der Waals surface area contributed by atoms with Gasteiger partial charge >= 0.3 is 0 Å². The largest absolute Gasteiger partial charge is 0.473 e. The van der Waals surface area contributed by atoms with Crippen molar-refractivity contribution in [3.63, 3.8) is 0 Å². The van der Waals surface area contributed by atoms with Gasteiger partial charge in [-0.3, -0.25) is 0 Å². The predicted octanol–water partition coefficient (Wildman–Crippen LogP) is 3.73. The molecule has 1 heterocycles. The SMILES string of the molecule is CCC(C(C)C)C1(C)C=COC=C1. The van der Waals surface area contributed by atoms with Crippen LogP contribution in [-0.2, 0) is 4.74 Å². The Hall–Kier alpha value is -0.720. The summed E-state index contributed by atoms with van der Waals surface area (Å²) in [5.41, 5.74) is 0.182. The molecule has 0 saturated heterocycles. The minimum atomic E-state index is 0.182. The molecule has 0 spiro atoms. The minimum absolute atomic E-state index is 0.182. The number of hydrogen-bond donors (Lipinski definition) is 0. The topological polar surface area (TPSA) is 9.23 Å². The molecule has 0 fully saturated rings. The van der Waals surface area contributed by atoms with Gasteiger partial charge in [0, 0.05) is 5.41 Å². The molecule has 0 aromatic heterocycles. The van der Waals surface area contributed by atoms with E-state index in [1.807, 2.05) is 0 Å². The summed E-state index contributed by atoms with van der Waals surface area (Å²) in [7, 11) is 0. The van der Waals surface area contributed by atoms with Gasteiger partial charge in [0.25, 0.3) is 0 Å². The maximum atomic E-state index is 5.08. The Bertz CT molecular complexity index is 201. The van der Waals surface area contributed by atoms with Crippen LogP contribution < -0.4 is 0 Å². The van der Waals surface area contributed by atoms with Gasteiger partial charge in [-0.25, -0.2) is 0 Å². The molecule has 1 rings (SSSR count). The zero-order valence-corrected chi connectivity index (χ0v) is 9.08. The lowest BCUT2D eigenvalue weighted by atomic mass is 9.70. The molecular weight excluding hydrogens is 160 g/mol. The molecule has 1 aliphatic heterocycles. The van der Waals surface area contributed by atoms with Crippen molar-refractivity contribution in [2.45, 2.75) is 34.1 Å². The summed E-state index contributed by atoms with van der Waals surface area (Å²) < 4.78 is 5.08. The quantitative estimate of drug-likeness (QED) is 0.643. The molecule has 0 saturated carbocycles. The van der Waals surface area contributed by atoms with Crippen molar-refractivity contribution in [3.8, 4) is 0 Å². The fraction of sp³-hybridized carbons (Fsp3) is 0.667. The summed E-state index contributed by atoms with van der Waals surface area (Å²) in [6, 6.07) is 0. The number of rotatable bonds is 3. The van der Waals surface area contributed by atoms with E-state index in [2.05, 4.69) is 39.8 Å². The third kappa shape index (κ3) is 2.15. The van der Waals surface area contributed by atoms with E-state index in [4.69, 9.17) is 4.74 Å². The molecule has 0 aromatic rings. The Kier molecular flexibility index (Phi) is 3.18. The molecule has 13 heavy (non-hydrogen) atoms. The van der Waals surface area contributed by atoms with Crippen molar-refractivity contribution in [1.82, 2.24) is 0 Å². The van der Waals surface area contributed by atoms with Crippen LogP contribution in [0.15, 0.2) is 24.7 Å². The highest BCUT2D eigenvalue weighted by Gasteiger charge is 2.31. The van der Waals surface area contributed by atoms with Gasteiger partial charge in [-0.15, -0.1) is 0 Å². The molecule has 1 aliphatic rings. The highest BCUT2D eigenvalue weighted by molar-refractivity contribution is 5.13. The van der Waals surface area contributed by atoms with E-state index in [0.29, 0.717) is 11.8 Å². The minimum Gasteiger partial charge on any atom is -0.473 e. The van der Waals surface area contributed by atoms with Crippen molar-refractivity contribution in [2.24, 2.45) is 17.3 Å². The van der Waals surface area contributed by atoms with Crippen LogP contribution >= 0.6 is 0 Å². The number of ether oxygens (including phenoxy) is 1. The van der Waals surface area contributed by atoms with Gasteiger partial charge in [-0.1, -0.05) is 34.1 Å². The van der Waals surface area contributed by atoms with Crippen LogP contribution in [0, 0.1) is 17.3 Å². The zero-order chi connectivity index (χ0) is 9.90. The van der Waals surface area contributed by atoms with E-state index < -0.39 is 0 Å². The first-order valence-corrected chi connectivity index (χ1v) is 5.11. The van der Waals surface area contributed by atoms with Crippen LogP contribution in [0.1, 0.15) is 34.1 Å². The molecule has 0 N–H and O–H groups in total. The summed E-state index contributed by atoms with van der Waals surface area (Å²) in [6.07, 6.45) is 9.14. The Morgan fingerprint density at radius 3 is 2.15 bits per heavy atom. The summed E-state index contributed by atoms with van der Waals surface area (Å²) in [6.45, 7) is 9.11. The van der Waals surface area contributed by atoms with Crippen molar-refractivity contribution in [1.29, 1.82) is 0 Å². The molecule has 1 heteroatoms. The maximum absolute atomic E-state index is 5.08. The van der Waals surface area contributed by atoms with Gasteiger partial charge in [-0.2, -0.15) is 0 Å². The van der Waals surface area contributed by atoms with Crippen LogP contribution in [0.3, 0.4) is 0 Å². The lowest BCUT2D eigenvalue weighted by Crippen LogP contribution is -2.28. The summed E-state index contributed by atoms with van der Waals surface area (Å²) in [5.74, 6) is 1.41. The summed E-state index contributed by atoms with van der Waals surface area (Å²) in [4.78, 5) is 0. The van der Waals surface area contributed by atoms with Crippen molar-refractivity contribution < 1.29 is 4.74 Å². The monoisotopic (exact) mass is 180 g/mol. The normalized spacial score (nSPS) is 21.6. The van der Waals surface area contributed by atoms with Crippen LogP contribution in [-0.4, -0.2) is 0 Å². The van der Waals surface area contributed by atoms with E-state index in [-0.39, 0.29) is 5.41 Å². The lowest BCUT2D eigenvalue weighted by Gasteiger charge is -2.35. The van der Waals surface area contributed by atoms with Crippen LogP contribution in [0.4, 0.5) is 0 Å². The fourth-order valence-corrected chi connectivity index (χ4v) is 2.35. The number of allylic oxidation sites excluding steroid dienone is 2. The lowest BCUT2D eigenvalue weighted by molar-refractivity contribution is 0.215. The molecule has 0 aliphatic carbocycles. The van der Waals surface area contributed by atoms with Crippen molar-refractivity contribution in [2.75, 3.05) is 0 Å². The molecule has 0 aromatic carbocycles. The van der Waals surface area contributed by atoms with Gasteiger partial charge in [0.2, 0.25) is 0 Å². The van der Waals surface area contributed by atoms with E-state index >= 15 is 0 Å². The third-order valence-electron chi connectivity index (χ3n) is 3.05. The predicted molar refractivity (Wildman–Crippen MR) is 56.1 cm³/mol. The van der Waals surface area contributed by atoms with E-state index in [1.54, 1.807) is 12.5 Å². The highest BCUT2D eigenvalue weighted by Crippen LogP contribution is 2.39. The maximum Gasteiger partial charge on any atom is 0.0870 e. The zero-order valence-electron chi connectivity index (χ0n) is 9.08. The molecule has 0 bridgehead atoms. The Morgan fingerprint density at radius 1 is 1.23 bits per heavy atom. The molecule has 1 unspecified atom stereocenters. The summed E-state index contributed by atoms with van der Waals surface area (Å²) >= 11 is 0. The van der Waals surface area contributed by atoms with Gasteiger partial charge in [0.15, 0.2) is 0 Å². The van der Waals surface area contributed by atoms with Crippen molar-refractivity contribution >= 4 is 0 Å². The van der Waals surface area contributed by atoms with Crippen LogP contribution in [0.5, 0.6) is 0 Å². The van der Waals surface area contributed by atoms with Gasteiger partial charge in [0.05, 0.1) is 12.5 Å². The fourth-order valence-electron chi connectivity index (χ4n) is 2.35. The van der Waals surface area contributed by atoms with Crippen molar-refractivity contribution in [3.05, 3.63) is 24.7 Å². The molecule has 1 atom stereocenters. The molecule has 0 amide bonds. The Morgan fingerprint density at radius 2 is 1.77 bits per heavy atom. The smallest absolute Gasteiger partial charge is 0.0870 e. The third-order valence-corrected chi connectivity index (χ3v) is 3.05. The standard InChI is InChI=1S/C12H20O/c1-5-11(10(2)3)12(4)6-8-13-9-7-12/h6-11H,5H2,1-4H3.